The average Bonchev–Trinajstić information content (AvgIpc) is 2.98. The van der Waals surface area contributed by atoms with Crippen LogP contribution < -0.4 is 4.90 Å². The van der Waals surface area contributed by atoms with Crippen molar-refractivity contribution in [3.05, 3.63) is 23.8 Å². The lowest BCUT2D eigenvalue weighted by Gasteiger charge is -2.35. The van der Waals surface area contributed by atoms with Crippen LogP contribution in [-0.4, -0.2) is 25.7 Å². The van der Waals surface area contributed by atoms with E-state index in [9.17, 15) is 0 Å². The maximum Gasteiger partial charge on any atom is 0.205 e. The Bertz CT molecular complexity index is 532. The normalized spacial score (nSPS) is 20.3. The maximum atomic E-state index is 4.53. The molecule has 0 aliphatic carbocycles. The van der Waals surface area contributed by atoms with Crippen molar-refractivity contribution in [2.45, 2.75) is 32.2 Å². The highest BCUT2D eigenvalue weighted by Crippen LogP contribution is 2.35. The molecule has 1 saturated heterocycles. The first-order valence-corrected chi connectivity index (χ1v) is 7.08. The summed E-state index contributed by atoms with van der Waals surface area (Å²) in [6, 6.07) is 2.50. The molecule has 1 atom stereocenters. The third-order valence-electron chi connectivity index (χ3n) is 3.47. The lowest BCUT2D eigenvalue weighted by atomic mass is 10.00. The van der Waals surface area contributed by atoms with Crippen molar-refractivity contribution in [1.29, 1.82) is 0 Å². The second kappa shape index (κ2) is 4.68. The summed E-state index contributed by atoms with van der Waals surface area (Å²) in [6.45, 7) is 3.01. The van der Waals surface area contributed by atoms with E-state index < -0.39 is 0 Å². The smallest absolute Gasteiger partial charge is 0.205 e. The minimum Gasteiger partial charge on any atom is -0.338 e. The Balaban J connectivity index is 1.93. The third kappa shape index (κ3) is 2.01. The van der Waals surface area contributed by atoms with E-state index in [1.165, 1.54) is 30.1 Å². The molecule has 0 amide bonds. The Kier molecular flexibility index (Phi) is 3.03. The molecular weight excluding hydrogens is 246 g/mol. The highest BCUT2D eigenvalue weighted by Gasteiger charge is 2.28. The van der Waals surface area contributed by atoms with Gasteiger partial charge in [0.25, 0.3) is 0 Å². The molecule has 6 heteroatoms. The van der Waals surface area contributed by atoms with Gasteiger partial charge < -0.3 is 4.90 Å². The number of hydrogen-bond acceptors (Lipinski definition) is 5. The van der Waals surface area contributed by atoms with E-state index in [0.717, 1.165) is 23.9 Å². The van der Waals surface area contributed by atoms with Gasteiger partial charge in [-0.25, -0.2) is 4.98 Å². The van der Waals surface area contributed by atoms with Crippen LogP contribution in [0, 0.1) is 6.92 Å². The van der Waals surface area contributed by atoms with E-state index in [-0.39, 0.29) is 0 Å². The summed E-state index contributed by atoms with van der Waals surface area (Å²) in [6.07, 6.45) is 5.53. The molecule has 3 heterocycles. The van der Waals surface area contributed by atoms with Crippen molar-refractivity contribution in [2.24, 2.45) is 7.05 Å². The lowest BCUT2D eigenvalue weighted by Crippen LogP contribution is -2.34. The largest absolute Gasteiger partial charge is 0.338 e. The highest BCUT2D eigenvalue weighted by molar-refractivity contribution is 7.09. The predicted molar refractivity (Wildman–Crippen MR) is 71.8 cm³/mol. The van der Waals surface area contributed by atoms with Crippen molar-refractivity contribution in [3.8, 4) is 0 Å². The Hall–Kier alpha value is -1.43. The molecule has 0 saturated carbocycles. The quantitative estimate of drug-likeness (QED) is 0.834. The molecule has 2 aromatic heterocycles. The molecule has 0 spiro atoms. The summed E-state index contributed by atoms with van der Waals surface area (Å²) in [5.41, 5.74) is 1.27. The minimum absolute atomic E-state index is 0.388. The lowest BCUT2D eigenvalue weighted by molar-refractivity contribution is 0.449. The van der Waals surface area contributed by atoms with E-state index in [2.05, 4.69) is 25.4 Å². The molecule has 2 aromatic rings. The average molecular weight is 263 g/mol. The molecule has 3 rings (SSSR count). The molecule has 18 heavy (non-hydrogen) atoms. The third-order valence-corrected chi connectivity index (χ3v) is 4.31. The number of aromatic nitrogens is 4. The highest BCUT2D eigenvalue weighted by atomic mass is 32.1. The second-order valence-electron chi connectivity index (χ2n) is 4.71. The molecule has 0 bridgehead atoms. The van der Waals surface area contributed by atoms with Crippen LogP contribution in [0.4, 0.5) is 5.13 Å². The number of anilines is 1. The first-order chi connectivity index (χ1) is 8.75. The van der Waals surface area contributed by atoms with Crippen LogP contribution in [0.15, 0.2) is 12.3 Å². The van der Waals surface area contributed by atoms with E-state index in [1.54, 1.807) is 0 Å². The maximum absolute atomic E-state index is 4.53. The van der Waals surface area contributed by atoms with Crippen molar-refractivity contribution in [2.75, 3.05) is 11.4 Å². The number of rotatable bonds is 2. The summed E-state index contributed by atoms with van der Waals surface area (Å²) in [5.74, 6) is 0.865. The van der Waals surface area contributed by atoms with Crippen molar-refractivity contribution >= 4 is 16.7 Å². The van der Waals surface area contributed by atoms with Gasteiger partial charge in [0.1, 0.15) is 5.82 Å². The first kappa shape index (κ1) is 11.6. The Morgan fingerprint density at radius 3 is 2.94 bits per heavy atom. The van der Waals surface area contributed by atoms with Gasteiger partial charge in [-0.2, -0.15) is 9.47 Å². The van der Waals surface area contributed by atoms with Crippen LogP contribution >= 0.6 is 11.5 Å². The monoisotopic (exact) mass is 263 g/mol. The Morgan fingerprint density at radius 1 is 1.39 bits per heavy atom. The molecule has 0 N–H and O–H groups in total. The zero-order valence-corrected chi connectivity index (χ0v) is 11.5. The standard InChI is InChI=1S/C12H17N5S/c1-9-14-12(18-15-9)17-8-4-3-5-11(17)10-6-7-13-16(10)2/h6-7,11H,3-5,8H2,1-2H3/t11-/m1/s1. The van der Waals surface area contributed by atoms with Gasteiger partial charge in [0.2, 0.25) is 5.13 Å². The van der Waals surface area contributed by atoms with Gasteiger partial charge in [-0.3, -0.25) is 4.68 Å². The minimum atomic E-state index is 0.388. The topological polar surface area (TPSA) is 46.8 Å². The van der Waals surface area contributed by atoms with E-state index in [4.69, 9.17) is 0 Å². The van der Waals surface area contributed by atoms with Crippen molar-refractivity contribution < 1.29 is 0 Å². The number of aryl methyl sites for hydroxylation is 2. The number of hydrogen-bond donors (Lipinski definition) is 0. The fourth-order valence-electron chi connectivity index (χ4n) is 2.58. The van der Waals surface area contributed by atoms with Gasteiger partial charge in [0, 0.05) is 31.3 Å². The SMILES string of the molecule is Cc1nsc(N2CCCC[C@@H]2c2ccnn2C)n1. The fourth-order valence-corrected chi connectivity index (χ4v) is 3.33. The second-order valence-corrected chi connectivity index (χ2v) is 5.44. The van der Waals surface area contributed by atoms with Crippen LogP contribution in [0.2, 0.25) is 0 Å². The molecule has 96 valence electrons. The molecule has 0 radical (unpaired) electrons. The fraction of sp³-hybridized carbons (Fsp3) is 0.583. The van der Waals surface area contributed by atoms with Crippen LogP contribution in [0.1, 0.15) is 36.8 Å². The van der Waals surface area contributed by atoms with Gasteiger partial charge in [-0.1, -0.05) is 0 Å². The van der Waals surface area contributed by atoms with Gasteiger partial charge in [-0.15, -0.1) is 0 Å². The van der Waals surface area contributed by atoms with Crippen LogP contribution in [-0.2, 0) is 7.05 Å². The molecule has 0 unspecified atom stereocenters. The molecule has 1 aliphatic rings. The summed E-state index contributed by atoms with van der Waals surface area (Å²) in [5, 5.41) is 5.32. The first-order valence-electron chi connectivity index (χ1n) is 6.30. The van der Waals surface area contributed by atoms with Crippen molar-refractivity contribution in [3.63, 3.8) is 0 Å². The van der Waals surface area contributed by atoms with Crippen LogP contribution in [0.25, 0.3) is 0 Å². The van der Waals surface area contributed by atoms with Gasteiger partial charge >= 0.3 is 0 Å². The Morgan fingerprint density at radius 2 is 2.28 bits per heavy atom. The van der Waals surface area contributed by atoms with Crippen molar-refractivity contribution in [1.82, 2.24) is 19.1 Å². The summed E-state index contributed by atoms with van der Waals surface area (Å²) < 4.78 is 6.27. The summed E-state index contributed by atoms with van der Waals surface area (Å²) in [4.78, 5) is 6.91. The predicted octanol–water partition coefficient (Wildman–Crippen LogP) is 2.31. The molecule has 1 aliphatic heterocycles. The zero-order valence-electron chi connectivity index (χ0n) is 10.7. The number of piperidine rings is 1. The Labute approximate surface area is 111 Å². The van der Waals surface area contributed by atoms with Gasteiger partial charge in [-0.05, 0) is 32.3 Å². The van der Waals surface area contributed by atoms with E-state index >= 15 is 0 Å². The summed E-state index contributed by atoms with van der Waals surface area (Å²) >= 11 is 1.50. The molecule has 5 nitrogen and oxygen atoms in total. The van der Waals surface area contributed by atoms with E-state index in [1.807, 2.05) is 24.9 Å². The molecule has 1 fully saturated rings. The molecular formula is C12H17N5S. The van der Waals surface area contributed by atoms with E-state index in [0.29, 0.717) is 6.04 Å². The van der Waals surface area contributed by atoms with Crippen LogP contribution in [0.3, 0.4) is 0 Å². The van der Waals surface area contributed by atoms with Crippen LogP contribution in [0.5, 0.6) is 0 Å². The van der Waals surface area contributed by atoms with Gasteiger partial charge in [0.15, 0.2) is 0 Å². The number of nitrogens with zero attached hydrogens (tertiary/aromatic N) is 5. The zero-order chi connectivity index (χ0) is 12.5. The molecule has 0 aromatic carbocycles. The van der Waals surface area contributed by atoms with Gasteiger partial charge in [0.05, 0.1) is 11.7 Å². The summed E-state index contributed by atoms with van der Waals surface area (Å²) in [7, 11) is 2.01.